The minimum absolute atomic E-state index is 0.0384. The maximum atomic E-state index is 12.2. The van der Waals surface area contributed by atoms with E-state index in [1.54, 1.807) is 5.38 Å². The van der Waals surface area contributed by atoms with Gasteiger partial charge in [0.1, 0.15) is 6.54 Å². The fraction of sp³-hybridized carbons (Fsp3) is 0.417. The molecule has 1 amide bonds. The Morgan fingerprint density at radius 1 is 1.44 bits per heavy atom. The van der Waals surface area contributed by atoms with Crippen LogP contribution in [-0.4, -0.2) is 40.3 Å². The number of nitrogens with zero attached hydrogens (tertiary/aromatic N) is 1. The monoisotopic (exact) mass is 267 g/mol. The second-order valence-corrected chi connectivity index (χ2v) is 5.23. The number of carboxylic acid groups (broad SMARTS) is 1. The summed E-state index contributed by atoms with van der Waals surface area (Å²) in [6.45, 7) is 1.16. The molecule has 1 heterocycles. The van der Waals surface area contributed by atoms with Crippen LogP contribution in [0.25, 0.3) is 0 Å². The molecule has 0 spiro atoms. The second kappa shape index (κ2) is 4.89. The minimum atomic E-state index is -1.02. The van der Waals surface area contributed by atoms with Crippen LogP contribution in [0.3, 0.4) is 0 Å². The van der Waals surface area contributed by atoms with E-state index in [9.17, 15) is 14.4 Å². The van der Waals surface area contributed by atoms with Gasteiger partial charge >= 0.3 is 5.97 Å². The number of carbonyl (C=O) groups excluding carboxylic acids is 2. The van der Waals surface area contributed by atoms with E-state index in [2.05, 4.69) is 0 Å². The molecule has 18 heavy (non-hydrogen) atoms. The Morgan fingerprint density at radius 2 is 2.11 bits per heavy atom. The molecule has 96 valence electrons. The van der Waals surface area contributed by atoms with Crippen molar-refractivity contribution in [3.05, 3.63) is 21.9 Å². The molecule has 1 fully saturated rings. The molecule has 0 radical (unpaired) electrons. The van der Waals surface area contributed by atoms with Crippen molar-refractivity contribution in [2.75, 3.05) is 6.54 Å². The van der Waals surface area contributed by atoms with Crippen molar-refractivity contribution in [1.82, 2.24) is 4.90 Å². The van der Waals surface area contributed by atoms with Crippen LogP contribution in [0.15, 0.2) is 11.4 Å². The third-order valence-corrected chi connectivity index (χ3v) is 3.69. The van der Waals surface area contributed by atoms with Gasteiger partial charge in [-0.15, -0.1) is 11.3 Å². The first-order chi connectivity index (χ1) is 8.49. The van der Waals surface area contributed by atoms with Crippen LogP contribution in [0, 0.1) is 0 Å². The minimum Gasteiger partial charge on any atom is -0.480 e. The molecule has 1 saturated carbocycles. The van der Waals surface area contributed by atoms with Gasteiger partial charge in [0.15, 0.2) is 5.78 Å². The molecule has 0 aromatic carbocycles. The standard InChI is InChI=1S/C12H13NO4S/c1-7(14)8-4-10(18-6-8)12(17)13(5-11(15)16)9-2-3-9/h4,6,9H,2-3,5H2,1H3,(H,15,16). The molecule has 0 bridgehead atoms. The van der Waals surface area contributed by atoms with E-state index in [1.807, 2.05) is 0 Å². The molecule has 0 atom stereocenters. The van der Waals surface area contributed by atoms with Crippen molar-refractivity contribution in [2.24, 2.45) is 0 Å². The average molecular weight is 267 g/mol. The lowest BCUT2D eigenvalue weighted by Crippen LogP contribution is -2.37. The van der Waals surface area contributed by atoms with Gasteiger partial charge in [0.05, 0.1) is 4.88 Å². The highest BCUT2D eigenvalue weighted by Gasteiger charge is 2.34. The third-order valence-electron chi connectivity index (χ3n) is 2.77. The molecule has 5 nitrogen and oxygen atoms in total. The molecule has 0 saturated heterocycles. The van der Waals surface area contributed by atoms with E-state index in [4.69, 9.17) is 5.11 Å². The van der Waals surface area contributed by atoms with E-state index < -0.39 is 5.97 Å². The van der Waals surface area contributed by atoms with Crippen molar-refractivity contribution >= 4 is 29.0 Å². The molecule has 2 rings (SSSR count). The number of ketones is 1. The molecule has 1 aromatic rings. The van der Waals surface area contributed by atoms with Gasteiger partial charge < -0.3 is 10.0 Å². The molecule has 1 aliphatic carbocycles. The first-order valence-electron chi connectivity index (χ1n) is 5.61. The molecular formula is C12H13NO4S. The van der Waals surface area contributed by atoms with Crippen LogP contribution in [-0.2, 0) is 4.79 Å². The largest absolute Gasteiger partial charge is 0.480 e. The average Bonchev–Trinajstić information content (AvgIpc) is 3.00. The van der Waals surface area contributed by atoms with Crippen LogP contribution >= 0.6 is 11.3 Å². The van der Waals surface area contributed by atoms with Gasteiger partial charge in [0.25, 0.3) is 5.91 Å². The van der Waals surface area contributed by atoms with E-state index in [0.717, 1.165) is 12.8 Å². The Hall–Kier alpha value is -1.69. The van der Waals surface area contributed by atoms with E-state index in [0.29, 0.717) is 10.4 Å². The molecule has 0 unspecified atom stereocenters. The van der Waals surface area contributed by atoms with Crippen molar-refractivity contribution in [2.45, 2.75) is 25.8 Å². The zero-order chi connectivity index (χ0) is 13.3. The summed E-state index contributed by atoms with van der Waals surface area (Å²) < 4.78 is 0. The summed E-state index contributed by atoms with van der Waals surface area (Å²) in [6.07, 6.45) is 1.70. The summed E-state index contributed by atoms with van der Waals surface area (Å²) in [4.78, 5) is 35.9. The molecular weight excluding hydrogens is 254 g/mol. The summed E-state index contributed by atoms with van der Waals surface area (Å²) in [5, 5.41) is 10.4. The summed E-state index contributed by atoms with van der Waals surface area (Å²) >= 11 is 1.18. The van der Waals surface area contributed by atoms with Crippen molar-refractivity contribution in [1.29, 1.82) is 0 Å². The number of aliphatic carboxylic acids is 1. The molecule has 0 aliphatic heterocycles. The zero-order valence-corrected chi connectivity index (χ0v) is 10.7. The van der Waals surface area contributed by atoms with Gasteiger partial charge in [0.2, 0.25) is 0 Å². The van der Waals surface area contributed by atoms with Crippen LogP contribution in [0.5, 0.6) is 0 Å². The fourth-order valence-corrected chi connectivity index (χ4v) is 2.57. The van der Waals surface area contributed by atoms with E-state index in [-0.39, 0.29) is 24.3 Å². The number of hydrogen-bond acceptors (Lipinski definition) is 4. The quantitative estimate of drug-likeness (QED) is 0.823. The van der Waals surface area contributed by atoms with Crippen molar-refractivity contribution in [3.8, 4) is 0 Å². The summed E-state index contributed by atoms with van der Waals surface area (Å²) in [7, 11) is 0. The third kappa shape index (κ3) is 2.76. The zero-order valence-electron chi connectivity index (χ0n) is 9.88. The number of hydrogen-bond donors (Lipinski definition) is 1. The van der Waals surface area contributed by atoms with Crippen LogP contribution in [0.1, 0.15) is 39.8 Å². The molecule has 1 aliphatic rings. The maximum Gasteiger partial charge on any atom is 0.323 e. The van der Waals surface area contributed by atoms with Gasteiger partial charge in [0, 0.05) is 17.0 Å². The lowest BCUT2D eigenvalue weighted by Gasteiger charge is -2.19. The Bertz CT molecular complexity index is 504. The number of carboxylic acids is 1. The molecule has 6 heteroatoms. The maximum absolute atomic E-state index is 12.2. The van der Waals surface area contributed by atoms with E-state index in [1.165, 1.54) is 29.2 Å². The highest BCUT2D eigenvalue weighted by molar-refractivity contribution is 7.12. The van der Waals surface area contributed by atoms with Crippen molar-refractivity contribution in [3.63, 3.8) is 0 Å². The van der Waals surface area contributed by atoms with Gasteiger partial charge in [-0.05, 0) is 25.8 Å². The Morgan fingerprint density at radius 3 is 2.56 bits per heavy atom. The number of thiophene rings is 1. The number of amides is 1. The predicted molar refractivity (Wildman–Crippen MR) is 66.0 cm³/mol. The van der Waals surface area contributed by atoms with Gasteiger partial charge in [-0.3, -0.25) is 14.4 Å². The summed E-state index contributed by atoms with van der Waals surface area (Å²) in [6, 6.07) is 1.57. The SMILES string of the molecule is CC(=O)c1csc(C(=O)N(CC(=O)O)C2CC2)c1. The normalized spacial score (nSPS) is 14.3. The van der Waals surface area contributed by atoms with Crippen LogP contribution in [0.4, 0.5) is 0 Å². The molecule has 1 aromatic heterocycles. The summed E-state index contributed by atoms with van der Waals surface area (Å²) in [5.74, 6) is -1.41. The second-order valence-electron chi connectivity index (χ2n) is 4.31. The lowest BCUT2D eigenvalue weighted by atomic mass is 10.2. The number of rotatable bonds is 5. The Kier molecular flexibility index (Phi) is 3.47. The van der Waals surface area contributed by atoms with E-state index >= 15 is 0 Å². The highest BCUT2D eigenvalue weighted by atomic mass is 32.1. The van der Waals surface area contributed by atoms with Crippen molar-refractivity contribution < 1.29 is 19.5 Å². The number of Topliss-reactive ketones (excluding diaryl/α,β-unsaturated/α-hetero) is 1. The highest BCUT2D eigenvalue weighted by Crippen LogP contribution is 2.29. The van der Waals surface area contributed by atoms with Crippen LogP contribution in [0.2, 0.25) is 0 Å². The first kappa shape index (κ1) is 12.8. The van der Waals surface area contributed by atoms with Crippen LogP contribution < -0.4 is 0 Å². The van der Waals surface area contributed by atoms with Gasteiger partial charge in [-0.25, -0.2) is 0 Å². The summed E-state index contributed by atoms with van der Waals surface area (Å²) in [5.41, 5.74) is 0.495. The smallest absolute Gasteiger partial charge is 0.323 e. The first-order valence-corrected chi connectivity index (χ1v) is 6.49. The predicted octanol–water partition coefficient (Wildman–Crippen LogP) is 1.64. The fourth-order valence-electron chi connectivity index (χ4n) is 1.67. The number of carbonyl (C=O) groups is 3. The Labute approximate surface area is 108 Å². The van der Waals surface area contributed by atoms with Gasteiger partial charge in [-0.2, -0.15) is 0 Å². The lowest BCUT2D eigenvalue weighted by molar-refractivity contribution is -0.137. The molecule has 1 N–H and O–H groups in total. The van der Waals surface area contributed by atoms with Gasteiger partial charge in [-0.1, -0.05) is 0 Å². The Balaban J connectivity index is 2.16. The topological polar surface area (TPSA) is 74.7 Å².